The first kappa shape index (κ1) is 25.1. The molecule has 0 unspecified atom stereocenters. The number of esters is 1. The Bertz CT molecular complexity index is 856. The molecular weight excluding hydrogens is 430 g/mol. The van der Waals surface area contributed by atoms with Gasteiger partial charge < -0.3 is 34.4 Å². The highest BCUT2D eigenvalue weighted by molar-refractivity contribution is 6.83. The van der Waals surface area contributed by atoms with Crippen molar-refractivity contribution >= 4 is 32.2 Å². The van der Waals surface area contributed by atoms with Crippen molar-refractivity contribution in [2.45, 2.75) is 44.4 Å². The summed E-state index contributed by atoms with van der Waals surface area (Å²) in [6, 6.07) is 4.98. The zero-order chi connectivity index (χ0) is 23.8. The van der Waals surface area contributed by atoms with E-state index in [-0.39, 0.29) is 36.2 Å². The molecule has 0 bridgehead atoms. The van der Waals surface area contributed by atoms with Crippen LogP contribution >= 0.6 is 0 Å². The van der Waals surface area contributed by atoms with E-state index in [1.54, 1.807) is 12.1 Å². The van der Waals surface area contributed by atoms with Crippen molar-refractivity contribution in [3.05, 3.63) is 29.3 Å². The van der Waals surface area contributed by atoms with Crippen LogP contribution < -0.4 is 10.4 Å². The highest BCUT2D eigenvalue weighted by atomic mass is 16.8. The van der Waals surface area contributed by atoms with Crippen molar-refractivity contribution in [1.82, 2.24) is 4.90 Å². The van der Waals surface area contributed by atoms with Gasteiger partial charge >= 0.3 is 19.2 Å². The summed E-state index contributed by atoms with van der Waals surface area (Å²) in [7, 11) is 0.182. The second-order valence-electron chi connectivity index (χ2n) is 8.23. The number of ether oxygens (including phenoxy) is 3. The van der Waals surface area contributed by atoms with Crippen LogP contribution in [0.25, 0.3) is 0 Å². The minimum Gasteiger partial charge on any atom is -0.536 e. The minimum atomic E-state index is -1.29. The molecule has 0 saturated carbocycles. The van der Waals surface area contributed by atoms with E-state index in [9.17, 15) is 19.4 Å². The molecule has 3 rings (SSSR count). The van der Waals surface area contributed by atoms with E-state index >= 15 is 0 Å². The average Bonchev–Trinajstić information content (AvgIpc) is 3.18. The van der Waals surface area contributed by atoms with Crippen LogP contribution in [0.2, 0.25) is 5.72 Å². The molecule has 1 aromatic rings. The summed E-state index contributed by atoms with van der Waals surface area (Å²) in [5.74, 6) is -0.590. The lowest BCUT2D eigenvalue weighted by atomic mass is 9.44. The molecule has 2 aliphatic heterocycles. The molecule has 1 aromatic carbocycles. The van der Waals surface area contributed by atoms with Gasteiger partial charge in [0.25, 0.3) is 0 Å². The molecule has 1 saturated heterocycles. The number of fused-ring (bicyclic) bond motifs is 1. The van der Waals surface area contributed by atoms with Crippen LogP contribution in [-0.2, 0) is 25.4 Å². The summed E-state index contributed by atoms with van der Waals surface area (Å²) in [5, 5.41) is 10.4. The monoisotopic (exact) mass is 459 g/mol. The predicted octanol–water partition coefficient (Wildman–Crippen LogP) is 0.761. The molecule has 12 heteroatoms. The summed E-state index contributed by atoms with van der Waals surface area (Å²) in [5.41, 5.74) is 5.96. The minimum absolute atomic E-state index is 0.0866. The summed E-state index contributed by atoms with van der Waals surface area (Å²) in [6.45, 7) is 3.28. The SMILES string of the molecule is CCCCOC(=O)OCOC(=O)c1cccc2c1OB(O)[C@@H]([B]C(=O)CN1CC[C@H](N)C1)C2. The normalized spacial score (nSPS) is 19.9. The van der Waals surface area contributed by atoms with Gasteiger partial charge in [-0.2, -0.15) is 0 Å². The van der Waals surface area contributed by atoms with Crippen LogP contribution in [0, 0.1) is 0 Å². The van der Waals surface area contributed by atoms with Crippen LogP contribution in [0.15, 0.2) is 18.2 Å². The number of carbonyl (C=O) groups is 3. The molecule has 2 atom stereocenters. The van der Waals surface area contributed by atoms with Gasteiger partial charge in [-0.05, 0) is 36.6 Å². The maximum Gasteiger partial charge on any atom is 0.518 e. The number of rotatable bonds is 10. The Morgan fingerprint density at radius 2 is 2.12 bits per heavy atom. The first-order valence-corrected chi connectivity index (χ1v) is 11.2. The zero-order valence-electron chi connectivity index (χ0n) is 18.7. The van der Waals surface area contributed by atoms with Crippen molar-refractivity contribution in [2.24, 2.45) is 5.73 Å². The van der Waals surface area contributed by atoms with Crippen molar-refractivity contribution in [2.75, 3.05) is 33.0 Å². The fourth-order valence-corrected chi connectivity index (χ4v) is 3.82. The first-order valence-electron chi connectivity index (χ1n) is 11.2. The largest absolute Gasteiger partial charge is 0.536 e. The first-order chi connectivity index (χ1) is 15.9. The van der Waals surface area contributed by atoms with Crippen LogP contribution in [0.4, 0.5) is 4.79 Å². The highest BCUT2D eigenvalue weighted by Gasteiger charge is 2.39. The summed E-state index contributed by atoms with van der Waals surface area (Å²) >= 11 is 0. The second kappa shape index (κ2) is 12.1. The topological polar surface area (TPSA) is 138 Å². The molecule has 3 N–H and O–H groups in total. The lowest BCUT2D eigenvalue weighted by Gasteiger charge is -2.28. The lowest BCUT2D eigenvalue weighted by Crippen LogP contribution is -2.42. The number of likely N-dealkylation sites (tertiary alicyclic amines) is 1. The Morgan fingerprint density at radius 3 is 2.85 bits per heavy atom. The number of unbranched alkanes of at least 4 members (excludes halogenated alkanes) is 1. The quantitative estimate of drug-likeness (QED) is 0.223. The standard InChI is InChI=1S/C21H29B2N2O8/c1-2-3-9-30-21(28)32-13-31-20(27)16-6-4-5-14-10-17(23(29)33-19(14)16)22-18(26)12-25-8-7-15(24)11-25/h4-6,15,17,29H,2-3,7-13,24H2,1H3/t15-,17+/m0/s1. The van der Waals surface area contributed by atoms with E-state index in [0.717, 1.165) is 19.4 Å². The molecule has 2 heterocycles. The smallest absolute Gasteiger partial charge is 0.518 e. The van der Waals surface area contributed by atoms with Crippen LogP contribution in [0.1, 0.15) is 42.1 Å². The van der Waals surface area contributed by atoms with Crippen LogP contribution in [0.5, 0.6) is 5.75 Å². The fourth-order valence-electron chi connectivity index (χ4n) is 3.82. The summed E-state index contributed by atoms with van der Waals surface area (Å²) in [4.78, 5) is 38.3. The molecule has 1 fully saturated rings. The summed E-state index contributed by atoms with van der Waals surface area (Å²) in [6.07, 6.45) is 1.84. The van der Waals surface area contributed by atoms with E-state index in [1.807, 2.05) is 11.8 Å². The number of hydrogen-bond donors (Lipinski definition) is 2. The van der Waals surface area contributed by atoms with Gasteiger partial charge in [0.05, 0.1) is 12.3 Å². The van der Waals surface area contributed by atoms with Gasteiger partial charge in [0.2, 0.25) is 14.1 Å². The van der Waals surface area contributed by atoms with Gasteiger partial charge in [0, 0.05) is 25.7 Å². The van der Waals surface area contributed by atoms with Crippen molar-refractivity contribution in [3.8, 4) is 5.75 Å². The Hall–Kier alpha value is -2.56. The lowest BCUT2D eigenvalue weighted by molar-refractivity contribution is -0.113. The highest BCUT2D eigenvalue weighted by Crippen LogP contribution is 2.34. The van der Waals surface area contributed by atoms with Crippen LogP contribution in [-0.4, -0.2) is 81.2 Å². The number of nitrogens with zero attached hydrogens (tertiary/aromatic N) is 1. The molecule has 1 radical (unpaired) electrons. The Morgan fingerprint density at radius 1 is 1.30 bits per heavy atom. The molecule has 0 aliphatic carbocycles. The second-order valence-corrected chi connectivity index (χ2v) is 8.23. The number of hydrogen-bond acceptors (Lipinski definition) is 10. The van der Waals surface area contributed by atoms with Gasteiger partial charge in [-0.3, -0.25) is 4.90 Å². The van der Waals surface area contributed by atoms with E-state index in [1.165, 1.54) is 13.3 Å². The number of nitrogens with two attached hydrogens (primary N) is 1. The van der Waals surface area contributed by atoms with Crippen LogP contribution in [0.3, 0.4) is 0 Å². The predicted molar refractivity (Wildman–Crippen MR) is 120 cm³/mol. The molecule has 2 aliphatic rings. The van der Waals surface area contributed by atoms with Gasteiger partial charge in [-0.25, -0.2) is 9.59 Å². The van der Waals surface area contributed by atoms with E-state index in [0.29, 0.717) is 24.9 Å². The molecule has 0 amide bonds. The van der Waals surface area contributed by atoms with Crippen molar-refractivity contribution in [3.63, 3.8) is 0 Å². The molecule has 177 valence electrons. The molecular formula is C21H29B2N2O8. The van der Waals surface area contributed by atoms with Crippen molar-refractivity contribution in [1.29, 1.82) is 0 Å². The van der Waals surface area contributed by atoms with Gasteiger partial charge in [-0.15, -0.1) is 0 Å². The third kappa shape index (κ3) is 7.21. The van der Waals surface area contributed by atoms with Gasteiger partial charge in [0.15, 0.2) is 0 Å². The molecule has 10 nitrogen and oxygen atoms in total. The van der Waals surface area contributed by atoms with Crippen molar-refractivity contribution < 1.29 is 38.3 Å². The summed E-state index contributed by atoms with van der Waals surface area (Å²) < 4.78 is 20.1. The van der Waals surface area contributed by atoms with E-state index in [4.69, 9.17) is 24.6 Å². The number of carbonyl (C=O) groups excluding carboxylic acids is 3. The average molecular weight is 459 g/mol. The fraction of sp³-hybridized carbons (Fsp3) is 0.571. The Labute approximate surface area is 194 Å². The molecule has 0 spiro atoms. The Balaban J connectivity index is 1.52. The molecule has 0 aromatic heterocycles. The third-order valence-electron chi connectivity index (χ3n) is 5.55. The maximum absolute atomic E-state index is 12.5. The maximum atomic E-state index is 12.5. The van der Waals surface area contributed by atoms with Gasteiger partial charge in [0.1, 0.15) is 11.3 Å². The Kier molecular flexibility index (Phi) is 9.16. The number of para-hydroxylation sites is 1. The van der Waals surface area contributed by atoms with Gasteiger partial charge in [-0.1, -0.05) is 25.5 Å². The molecule has 33 heavy (non-hydrogen) atoms. The zero-order valence-corrected chi connectivity index (χ0v) is 18.7. The van der Waals surface area contributed by atoms with E-state index in [2.05, 4.69) is 0 Å². The third-order valence-corrected chi connectivity index (χ3v) is 5.55. The number of benzene rings is 1. The van der Waals surface area contributed by atoms with E-state index < -0.39 is 31.8 Å².